The van der Waals surface area contributed by atoms with Crippen molar-refractivity contribution in [1.29, 1.82) is 0 Å². The minimum absolute atomic E-state index is 0.0950. The number of hydrogen-bond donors (Lipinski definition) is 1. The van der Waals surface area contributed by atoms with Gasteiger partial charge in [-0.1, -0.05) is 12.8 Å². The quantitative estimate of drug-likeness (QED) is 0.446. The van der Waals surface area contributed by atoms with E-state index in [2.05, 4.69) is 25.4 Å². The lowest BCUT2D eigenvalue weighted by molar-refractivity contribution is 0.171. The van der Waals surface area contributed by atoms with Crippen LogP contribution in [0.25, 0.3) is 10.9 Å². The van der Waals surface area contributed by atoms with Crippen LogP contribution in [0.1, 0.15) is 42.8 Å². The summed E-state index contributed by atoms with van der Waals surface area (Å²) in [6.45, 7) is 2.57. The molecule has 0 bridgehead atoms. The minimum Gasteiger partial charge on any atom is -0.486 e. The van der Waals surface area contributed by atoms with Crippen LogP contribution in [0.15, 0.2) is 45.8 Å². The Morgan fingerprint density at radius 2 is 1.91 bits per heavy atom. The van der Waals surface area contributed by atoms with Crippen molar-refractivity contribution in [3.8, 4) is 11.5 Å². The zero-order valence-corrected chi connectivity index (χ0v) is 18.8. The largest absolute Gasteiger partial charge is 0.486 e. The number of rotatable bonds is 7. The minimum atomic E-state index is -0.0950. The summed E-state index contributed by atoms with van der Waals surface area (Å²) in [5.41, 5.74) is 1.36. The third-order valence-electron chi connectivity index (χ3n) is 6.63. The molecule has 34 heavy (non-hydrogen) atoms. The summed E-state index contributed by atoms with van der Waals surface area (Å²) < 4.78 is 18.6. The topological polar surface area (TPSA) is 111 Å². The molecule has 2 aliphatic rings. The van der Waals surface area contributed by atoms with E-state index in [-0.39, 0.29) is 5.56 Å². The molecule has 3 aromatic heterocycles. The van der Waals surface area contributed by atoms with Crippen molar-refractivity contribution in [2.45, 2.75) is 51.4 Å². The first-order chi connectivity index (χ1) is 16.7. The van der Waals surface area contributed by atoms with Crippen molar-refractivity contribution < 1.29 is 13.9 Å². The number of furan rings is 1. The monoisotopic (exact) mass is 462 g/mol. The molecule has 176 valence electrons. The number of hydrogen-bond acceptors (Lipinski definition) is 8. The molecule has 4 aromatic rings. The second-order valence-corrected chi connectivity index (χ2v) is 8.88. The Morgan fingerprint density at radius 3 is 2.71 bits per heavy atom. The number of aromatic amines is 1. The van der Waals surface area contributed by atoms with Gasteiger partial charge in [0.15, 0.2) is 17.3 Å². The van der Waals surface area contributed by atoms with E-state index in [1.165, 1.54) is 12.8 Å². The summed E-state index contributed by atoms with van der Waals surface area (Å²) in [5, 5.41) is 13.2. The Kier molecular flexibility index (Phi) is 5.50. The van der Waals surface area contributed by atoms with E-state index in [4.69, 9.17) is 13.9 Å². The third kappa shape index (κ3) is 4.16. The van der Waals surface area contributed by atoms with Gasteiger partial charge in [-0.2, -0.15) is 0 Å². The van der Waals surface area contributed by atoms with Gasteiger partial charge < -0.3 is 18.9 Å². The number of nitrogens with one attached hydrogen (secondary N) is 1. The first-order valence-electron chi connectivity index (χ1n) is 11.7. The van der Waals surface area contributed by atoms with Crippen molar-refractivity contribution in [3.05, 3.63) is 64.1 Å². The highest BCUT2D eigenvalue weighted by molar-refractivity contribution is 5.83. The Bertz CT molecular complexity index is 1340. The fraction of sp³-hybridized carbons (Fsp3) is 0.417. The molecule has 1 aliphatic heterocycles. The summed E-state index contributed by atoms with van der Waals surface area (Å²) >= 11 is 0. The van der Waals surface area contributed by atoms with E-state index in [1.54, 1.807) is 10.9 Å². The average molecular weight is 463 g/mol. The molecule has 0 amide bonds. The molecule has 10 nitrogen and oxygen atoms in total. The van der Waals surface area contributed by atoms with Crippen LogP contribution in [0.5, 0.6) is 11.5 Å². The van der Waals surface area contributed by atoms with E-state index in [0.717, 1.165) is 35.3 Å². The number of pyridine rings is 1. The number of tetrazole rings is 1. The highest BCUT2D eigenvalue weighted by Crippen LogP contribution is 2.34. The number of fused-ring (bicyclic) bond motifs is 2. The average Bonchev–Trinajstić information content (AvgIpc) is 3.62. The molecule has 4 heterocycles. The number of benzene rings is 1. The predicted octanol–water partition coefficient (Wildman–Crippen LogP) is 2.87. The van der Waals surface area contributed by atoms with Crippen LogP contribution in [0, 0.1) is 0 Å². The van der Waals surface area contributed by atoms with E-state index >= 15 is 0 Å². The molecule has 1 aliphatic carbocycles. The van der Waals surface area contributed by atoms with Crippen LogP contribution in [0.3, 0.4) is 0 Å². The van der Waals surface area contributed by atoms with Gasteiger partial charge in [-0.3, -0.25) is 9.69 Å². The SMILES string of the molecule is O=c1[nH]c2cc3c(cc2cc1CN(Cc1nnnn1Cc1ccco1)C1CCCC1)OCCO3. The molecule has 0 radical (unpaired) electrons. The summed E-state index contributed by atoms with van der Waals surface area (Å²) in [6.07, 6.45) is 6.23. The van der Waals surface area contributed by atoms with Crippen molar-refractivity contribution in [2.24, 2.45) is 0 Å². The van der Waals surface area contributed by atoms with Gasteiger partial charge >= 0.3 is 0 Å². The Morgan fingerprint density at radius 1 is 1.09 bits per heavy atom. The van der Waals surface area contributed by atoms with E-state index in [9.17, 15) is 4.79 Å². The maximum atomic E-state index is 13.0. The third-order valence-corrected chi connectivity index (χ3v) is 6.63. The van der Waals surface area contributed by atoms with Crippen LogP contribution in [-0.2, 0) is 19.6 Å². The maximum absolute atomic E-state index is 13.0. The first-order valence-corrected chi connectivity index (χ1v) is 11.7. The molecular formula is C24H26N6O4. The lowest BCUT2D eigenvalue weighted by Gasteiger charge is -2.28. The second-order valence-electron chi connectivity index (χ2n) is 8.88. The van der Waals surface area contributed by atoms with Gasteiger partial charge in [0.25, 0.3) is 5.56 Å². The fourth-order valence-corrected chi connectivity index (χ4v) is 4.90. The number of ether oxygens (including phenoxy) is 2. The van der Waals surface area contributed by atoms with Gasteiger partial charge in [-0.25, -0.2) is 4.68 Å². The summed E-state index contributed by atoms with van der Waals surface area (Å²) in [4.78, 5) is 18.4. The van der Waals surface area contributed by atoms with Crippen LogP contribution >= 0.6 is 0 Å². The van der Waals surface area contributed by atoms with Crippen molar-refractivity contribution in [2.75, 3.05) is 13.2 Å². The summed E-state index contributed by atoms with van der Waals surface area (Å²) in [5.74, 6) is 2.92. The lowest BCUT2D eigenvalue weighted by atomic mass is 10.1. The summed E-state index contributed by atoms with van der Waals surface area (Å²) in [7, 11) is 0. The lowest BCUT2D eigenvalue weighted by Crippen LogP contribution is -2.35. The van der Waals surface area contributed by atoms with Crippen molar-refractivity contribution in [3.63, 3.8) is 0 Å². The highest BCUT2D eigenvalue weighted by Gasteiger charge is 2.26. The number of H-pyrrole nitrogens is 1. The zero-order chi connectivity index (χ0) is 22.9. The first kappa shape index (κ1) is 20.9. The van der Waals surface area contributed by atoms with Gasteiger partial charge in [-0.05, 0) is 47.5 Å². The smallest absolute Gasteiger partial charge is 0.252 e. The Hall–Kier alpha value is -3.66. The normalized spacial score (nSPS) is 16.0. The van der Waals surface area contributed by atoms with Crippen LogP contribution < -0.4 is 15.0 Å². The highest BCUT2D eigenvalue weighted by atomic mass is 16.6. The molecule has 1 N–H and O–H groups in total. The van der Waals surface area contributed by atoms with Crippen molar-refractivity contribution >= 4 is 10.9 Å². The summed E-state index contributed by atoms with van der Waals surface area (Å²) in [6, 6.07) is 9.87. The molecular weight excluding hydrogens is 436 g/mol. The molecule has 0 saturated heterocycles. The van der Waals surface area contributed by atoms with E-state index < -0.39 is 0 Å². The Balaban J connectivity index is 1.29. The number of nitrogens with zero attached hydrogens (tertiary/aromatic N) is 5. The zero-order valence-electron chi connectivity index (χ0n) is 18.8. The molecule has 6 rings (SSSR count). The fourth-order valence-electron chi connectivity index (χ4n) is 4.90. The molecule has 10 heteroatoms. The Labute approximate surface area is 195 Å². The second kappa shape index (κ2) is 8.94. The van der Waals surface area contributed by atoms with E-state index in [0.29, 0.717) is 56.0 Å². The van der Waals surface area contributed by atoms with Gasteiger partial charge in [0.1, 0.15) is 25.5 Å². The van der Waals surface area contributed by atoms with Crippen LogP contribution in [0.2, 0.25) is 0 Å². The molecule has 0 spiro atoms. The maximum Gasteiger partial charge on any atom is 0.252 e. The van der Waals surface area contributed by atoms with E-state index in [1.807, 2.05) is 30.3 Å². The molecule has 1 saturated carbocycles. The van der Waals surface area contributed by atoms with Gasteiger partial charge in [0.05, 0.1) is 18.3 Å². The van der Waals surface area contributed by atoms with Crippen LogP contribution in [-0.4, -0.2) is 49.3 Å². The number of aromatic nitrogens is 5. The predicted molar refractivity (Wildman–Crippen MR) is 123 cm³/mol. The standard InChI is InChI=1S/C24H26N6O4/c31-24-17(10-16-11-21-22(12-20(16)25-24)34-9-8-33-21)13-29(18-4-1-2-5-18)15-23-26-27-28-30(23)14-19-6-3-7-32-19/h3,6-7,10-12,18H,1-2,4-5,8-9,13-15H2,(H,25,31). The van der Waals surface area contributed by atoms with Gasteiger partial charge in [0.2, 0.25) is 0 Å². The van der Waals surface area contributed by atoms with Crippen LogP contribution in [0.4, 0.5) is 0 Å². The van der Waals surface area contributed by atoms with Crippen molar-refractivity contribution in [1.82, 2.24) is 30.1 Å². The van der Waals surface area contributed by atoms with Gasteiger partial charge in [0, 0.05) is 29.6 Å². The molecule has 1 fully saturated rings. The molecule has 0 unspecified atom stereocenters. The molecule has 0 atom stereocenters. The molecule has 1 aromatic carbocycles. The van der Waals surface area contributed by atoms with Gasteiger partial charge in [-0.15, -0.1) is 5.10 Å².